The van der Waals surface area contributed by atoms with Gasteiger partial charge in [-0.25, -0.2) is 0 Å². The zero-order valence-electron chi connectivity index (χ0n) is 10.4. The molecule has 0 aliphatic carbocycles. The number of benzene rings is 1. The Hall–Kier alpha value is -0.870. The van der Waals surface area contributed by atoms with Gasteiger partial charge in [0.1, 0.15) is 0 Å². The summed E-state index contributed by atoms with van der Waals surface area (Å²) in [5.41, 5.74) is 1.81. The van der Waals surface area contributed by atoms with E-state index in [-0.39, 0.29) is 5.78 Å². The van der Waals surface area contributed by atoms with Gasteiger partial charge >= 0.3 is 0 Å². The summed E-state index contributed by atoms with van der Waals surface area (Å²) < 4.78 is 0. The van der Waals surface area contributed by atoms with Crippen molar-refractivity contribution in [2.45, 2.75) is 6.54 Å². The number of hydrogen-bond acceptors (Lipinski definition) is 3. The van der Waals surface area contributed by atoms with Gasteiger partial charge in [0.05, 0.1) is 16.6 Å². The Bertz CT molecular complexity index is 569. The van der Waals surface area contributed by atoms with E-state index >= 15 is 0 Å². The molecule has 0 N–H and O–H groups in total. The lowest BCUT2D eigenvalue weighted by atomic mass is 10.1. The summed E-state index contributed by atoms with van der Waals surface area (Å²) in [4.78, 5) is 14.1. The summed E-state index contributed by atoms with van der Waals surface area (Å²) >= 11 is 13.4. The summed E-state index contributed by atoms with van der Waals surface area (Å²) in [7, 11) is 1.92. The molecule has 0 bridgehead atoms. The van der Waals surface area contributed by atoms with Crippen LogP contribution in [0.2, 0.25) is 10.0 Å². The van der Waals surface area contributed by atoms with Crippen LogP contribution in [0.1, 0.15) is 15.9 Å². The molecule has 0 aliphatic rings. The molecule has 0 fully saturated rings. The zero-order valence-corrected chi connectivity index (χ0v) is 12.7. The molecule has 0 saturated heterocycles. The number of Topliss-reactive ketones (excluding diaryl/α,β-unsaturated/α-hetero) is 1. The standard InChI is InChI=1S/C14H13Cl2NOS/c1-17(7-10-4-5-19-9-10)8-14(18)11-2-3-12(15)13(16)6-11/h2-6,9H,7-8H2,1H3. The Morgan fingerprint density at radius 3 is 2.68 bits per heavy atom. The van der Waals surface area contributed by atoms with E-state index in [0.29, 0.717) is 22.2 Å². The smallest absolute Gasteiger partial charge is 0.176 e. The van der Waals surface area contributed by atoms with Gasteiger partial charge in [-0.1, -0.05) is 23.2 Å². The fourth-order valence-corrected chi connectivity index (χ4v) is 2.71. The number of rotatable bonds is 5. The Labute approximate surface area is 126 Å². The van der Waals surface area contributed by atoms with Crippen LogP contribution in [0.5, 0.6) is 0 Å². The minimum atomic E-state index is 0.0382. The molecule has 0 amide bonds. The van der Waals surface area contributed by atoms with Gasteiger partial charge in [-0.05, 0) is 47.6 Å². The first-order valence-electron chi connectivity index (χ1n) is 5.74. The van der Waals surface area contributed by atoms with Gasteiger partial charge in [0.15, 0.2) is 5.78 Å². The van der Waals surface area contributed by atoms with E-state index in [1.165, 1.54) is 5.56 Å². The number of likely N-dealkylation sites (N-methyl/N-ethyl adjacent to an activating group) is 1. The fraction of sp³-hybridized carbons (Fsp3) is 0.214. The van der Waals surface area contributed by atoms with Crippen LogP contribution in [-0.2, 0) is 6.54 Å². The number of carbonyl (C=O) groups is 1. The highest BCUT2D eigenvalue weighted by Crippen LogP contribution is 2.23. The minimum Gasteiger partial charge on any atom is -0.295 e. The van der Waals surface area contributed by atoms with Crippen molar-refractivity contribution >= 4 is 40.3 Å². The summed E-state index contributed by atoms with van der Waals surface area (Å²) in [6.45, 7) is 1.12. The molecule has 0 unspecified atom stereocenters. The average molecular weight is 314 g/mol. The fourth-order valence-electron chi connectivity index (χ4n) is 1.76. The van der Waals surface area contributed by atoms with Crippen LogP contribution in [0, 0.1) is 0 Å². The average Bonchev–Trinajstić information content (AvgIpc) is 2.85. The van der Waals surface area contributed by atoms with Crippen LogP contribution in [0.4, 0.5) is 0 Å². The quantitative estimate of drug-likeness (QED) is 0.764. The third kappa shape index (κ3) is 4.05. The lowest BCUT2D eigenvalue weighted by Crippen LogP contribution is -2.25. The van der Waals surface area contributed by atoms with Crippen LogP contribution < -0.4 is 0 Å². The van der Waals surface area contributed by atoms with E-state index in [9.17, 15) is 4.79 Å². The number of carbonyl (C=O) groups excluding carboxylic acids is 1. The van der Waals surface area contributed by atoms with Crippen molar-refractivity contribution in [3.63, 3.8) is 0 Å². The molecule has 0 atom stereocenters. The van der Waals surface area contributed by atoms with Crippen LogP contribution >= 0.6 is 34.5 Å². The third-order valence-corrected chi connectivity index (χ3v) is 4.16. The molecule has 1 heterocycles. The van der Waals surface area contributed by atoms with Crippen LogP contribution in [0.25, 0.3) is 0 Å². The Morgan fingerprint density at radius 1 is 1.26 bits per heavy atom. The first kappa shape index (κ1) is 14.5. The van der Waals surface area contributed by atoms with Crippen molar-refractivity contribution in [1.82, 2.24) is 4.90 Å². The lowest BCUT2D eigenvalue weighted by molar-refractivity contribution is 0.0943. The second kappa shape index (κ2) is 6.53. The highest BCUT2D eigenvalue weighted by atomic mass is 35.5. The maximum Gasteiger partial charge on any atom is 0.176 e. The molecule has 0 spiro atoms. The van der Waals surface area contributed by atoms with Crippen molar-refractivity contribution in [3.8, 4) is 0 Å². The van der Waals surface area contributed by atoms with E-state index < -0.39 is 0 Å². The van der Waals surface area contributed by atoms with Gasteiger partial charge in [0.25, 0.3) is 0 Å². The Balaban J connectivity index is 1.98. The summed E-state index contributed by atoms with van der Waals surface area (Å²) in [5.74, 6) is 0.0382. The molecule has 0 aliphatic heterocycles. The van der Waals surface area contributed by atoms with Gasteiger partial charge in [0.2, 0.25) is 0 Å². The van der Waals surface area contributed by atoms with Crippen molar-refractivity contribution in [3.05, 3.63) is 56.2 Å². The molecule has 1 aromatic heterocycles. The van der Waals surface area contributed by atoms with E-state index in [0.717, 1.165) is 6.54 Å². The molecular formula is C14H13Cl2NOS. The molecule has 100 valence electrons. The maximum atomic E-state index is 12.1. The minimum absolute atomic E-state index is 0.0382. The van der Waals surface area contributed by atoms with Gasteiger partial charge in [-0.3, -0.25) is 9.69 Å². The molecule has 5 heteroatoms. The van der Waals surface area contributed by atoms with E-state index in [1.807, 2.05) is 17.3 Å². The molecule has 0 radical (unpaired) electrons. The molecule has 19 heavy (non-hydrogen) atoms. The number of halogens is 2. The van der Waals surface area contributed by atoms with Crippen molar-refractivity contribution in [2.75, 3.05) is 13.6 Å². The van der Waals surface area contributed by atoms with Gasteiger partial charge in [-0.15, -0.1) is 0 Å². The van der Waals surface area contributed by atoms with Crippen LogP contribution in [0.3, 0.4) is 0 Å². The van der Waals surface area contributed by atoms with Crippen molar-refractivity contribution in [2.24, 2.45) is 0 Å². The highest BCUT2D eigenvalue weighted by molar-refractivity contribution is 7.07. The largest absolute Gasteiger partial charge is 0.295 e. The predicted octanol–water partition coefficient (Wildman–Crippen LogP) is 4.37. The zero-order chi connectivity index (χ0) is 13.8. The highest BCUT2D eigenvalue weighted by Gasteiger charge is 2.11. The molecule has 1 aromatic carbocycles. The number of nitrogens with zero attached hydrogens (tertiary/aromatic N) is 1. The SMILES string of the molecule is CN(CC(=O)c1ccc(Cl)c(Cl)c1)Cc1ccsc1. The summed E-state index contributed by atoms with van der Waals surface area (Å²) in [5, 5.41) is 4.99. The number of ketones is 1. The maximum absolute atomic E-state index is 12.1. The third-order valence-electron chi connectivity index (χ3n) is 2.69. The molecule has 0 saturated carbocycles. The van der Waals surface area contributed by atoms with E-state index in [2.05, 4.69) is 11.4 Å². The second-order valence-corrected chi connectivity index (χ2v) is 5.95. The number of thiophene rings is 1. The molecule has 2 rings (SSSR count). The number of hydrogen-bond donors (Lipinski definition) is 0. The summed E-state index contributed by atoms with van der Waals surface area (Å²) in [6.07, 6.45) is 0. The topological polar surface area (TPSA) is 20.3 Å². The van der Waals surface area contributed by atoms with Gasteiger partial charge in [0, 0.05) is 12.1 Å². The second-order valence-electron chi connectivity index (χ2n) is 4.36. The summed E-state index contributed by atoms with van der Waals surface area (Å²) in [6, 6.07) is 7.03. The molecule has 2 nitrogen and oxygen atoms in total. The first-order chi connectivity index (χ1) is 9.06. The lowest BCUT2D eigenvalue weighted by Gasteiger charge is -2.15. The van der Waals surface area contributed by atoms with E-state index in [1.54, 1.807) is 29.5 Å². The molecular weight excluding hydrogens is 301 g/mol. The van der Waals surface area contributed by atoms with Crippen LogP contribution in [0.15, 0.2) is 35.0 Å². The monoisotopic (exact) mass is 313 g/mol. The van der Waals surface area contributed by atoms with Gasteiger partial charge < -0.3 is 0 Å². The van der Waals surface area contributed by atoms with Crippen LogP contribution in [-0.4, -0.2) is 24.3 Å². The first-order valence-corrected chi connectivity index (χ1v) is 7.44. The Morgan fingerprint density at radius 2 is 2.05 bits per heavy atom. The van der Waals surface area contributed by atoms with E-state index in [4.69, 9.17) is 23.2 Å². The molecule has 2 aromatic rings. The van der Waals surface area contributed by atoms with Crippen molar-refractivity contribution in [1.29, 1.82) is 0 Å². The Kier molecular flexibility index (Phi) is 4.99. The normalized spacial score (nSPS) is 10.9. The van der Waals surface area contributed by atoms with Crippen molar-refractivity contribution < 1.29 is 4.79 Å². The predicted molar refractivity (Wildman–Crippen MR) is 81.4 cm³/mol. The van der Waals surface area contributed by atoms with Gasteiger partial charge in [-0.2, -0.15) is 11.3 Å².